The van der Waals surface area contributed by atoms with Crippen LogP contribution in [-0.2, 0) is 19.4 Å². The Morgan fingerprint density at radius 3 is 2.64 bits per heavy atom. The summed E-state index contributed by atoms with van der Waals surface area (Å²) in [4.78, 5) is 0. The van der Waals surface area contributed by atoms with Crippen LogP contribution >= 0.6 is 11.6 Å². The molecular formula is C18H17ClN2O. The maximum atomic E-state index is 8.83. The molecule has 0 atom stereocenters. The van der Waals surface area contributed by atoms with Gasteiger partial charge in [0.15, 0.2) is 0 Å². The summed E-state index contributed by atoms with van der Waals surface area (Å²) in [5.74, 6) is 0.798. The third-order valence-electron chi connectivity index (χ3n) is 3.90. The van der Waals surface area contributed by atoms with E-state index < -0.39 is 0 Å². The molecule has 0 aromatic heterocycles. The molecule has 0 bridgehead atoms. The zero-order chi connectivity index (χ0) is 15.4. The van der Waals surface area contributed by atoms with Gasteiger partial charge in [-0.25, -0.2) is 0 Å². The largest absolute Gasteiger partial charge is 0.487 e. The Hall–Kier alpha value is -2.02. The van der Waals surface area contributed by atoms with E-state index in [2.05, 4.69) is 17.5 Å². The van der Waals surface area contributed by atoms with Crippen LogP contribution in [0.15, 0.2) is 36.4 Å². The molecule has 0 spiro atoms. The predicted octanol–water partition coefficient (Wildman–Crippen LogP) is 3.48. The van der Waals surface area contributed by atoms with Crippen molar-refractivity contribution in [3.8, 4) is 11.8 Å². The van der Waals surface area contributed by atoms with Gasteiger partial charge in [-0.1, -0.05) is 29.8 Å². The lowest BCUT2D eigenvalue weighted by atomic mass is 10.0. The quantitative estimate of drug-likeness (QED) is 0.943. The van der Waals surface area contributed by atoms with Gasteiger partial charge in [0.25, 0.3) is 0 Å². The van der Waals surface area contributed by atoms with Gasteiger partial charge < -0.3 is 10.1 Å². The van der Waals surface area contributed by atoms with Crippen molar-refractivity contribution in [2.75, 3.05) is 13.1 Å². The average Bonchev–Trinajstić information content (AvgIpc) is 2.80. The van der Waals surface area contributed by atoms with E-state index in [9.17, 15) is 0 Å². The molecule has 4 heteroatoms. The van der Waals surface area contributed by atoms with Crippen molar-refractivity contribution in [1.82, 2.24) is 5.32 Å². The Morgan fingerprint density at radius 2 is 1.86 bits per heavy atom. The highest BCUT2D eigenvalue weighted by molar-refractivity contribution is 6.32. The summed E-state index contributed by atoms with van der Waals surface area (Å²) >= 11 is 6.34. The molecule has 0 aliphatic carbocycles. The molecule has 0 saturated heterocycles. The number of nitrogens with one attached hydrogen (secondary N) is 1. The van der Waals surface area contributed by atoms with Gasteiger partial charge in [0, 0.05) is 5.56 Å². The van der Waals surface area contributed by atoms with Gasteiger partial charge in [0.1, 0.15) is 12.4 Å². The van der Waals surface area contributed by atoms with Crippen LogP contribution in [0.3, 0.4) is 0 Å². The minimum Gasteiger partial charge on any atom is -0.487 e. The monoisotopic (exact) mass is 312 g/mol. The van der Waals surface area contributed by atoms with Gasteiger partial charge in [-0.15, -0.1) is 0 Å². The number of nitrogens with zero attached hydrogens (tertiary/aromatic N) is 1. The van der Waals surface area contributed by atoms with Crippen LogP contribution in [0.4, 0.5) is 0 Å². The number of fused-ring (bicyclic) bond motifs is 1. The van der Waals surface area contributed by atoms with Crippen LogP contribution in [0, 0.1) is 11.3 Å². The number of hydrogen-bond acceptors (Lipinski definition) is 3. The second-order valence-electron chi connectivity index (χ2n) is 5.36. The first kappa shape index (κ1) is 14.9. The number of benzene rings is 2. The van der Waals surface area contributed by atoms with Crippen LogP contribution < -0.4 is 10.1 Å². The molecule has 1 aliphatic heterocycles. The second kappa shape index (κ2) is 6.83. The van der Waals surface area contributed by atoms with Crippen LogP contribution in [0.5, 0.6) is 5.75 Å². The zero-order valence-corrected chi connectivity index (χ0v) is 13.0. The van der Waals surface area contributed by atoms with Crippen molar-refractivity contribution in [3.63, 3.8) is 0 Å². The highest BCUT2D eigenvalue weighted by Gasteiger charge is 2.16. The third-order valence-corrected chi connectivity index (χ3v) is 4.20. The van der Waals surface area contributed by atoms with Crippen molar-refractivity contribution < 1.29 is 4.74 Å². The van der Waals surface area contributed by atoms with Crippen LogP contribution in [-0.4, -0.2) is 13.1 Å². The number of rotatable bonds is 3. The normalized spacial score (nSPS) is 13.8. The Bertz CT molecular complexity index is 704. The average molecular weight is 313 g/mol. The lowest BCUT2D eigenvalue weighted by molar-refractivity contribution is 0.303. The van der Waals surface area contributed by atoms with E-state index in [0.717, 1.165) is 37.2 Å². The number of nitriles is 1. The van der Waals surface area contributed by atoms with E-state index >= 15 is 0 Å². The van der Waals surface area contributed by atoms with Gasteiger partial charge in [-0.3, -0.25) is 0 Å². The minimum absolute atomic E-state index is 0.454. The lowest BCUT2D eigenvalue weighted by Gasteiger charge is -2.15. The van der Waals surface area contributed by atoms with Crippen molar-refractivity contribution in [2.45, 2.75) is 19.4 Å². The van der Waals surface area contributed by atoms with Gasteiger partial charge in [-0.05, 0) is 55.3 Å². The highest BCUT2D eigenvalue weighted by atomic mass is 35.5. The molecule has 2 aromatic rings. The van der Waals surface area contributed by atoms with E-state index in [0.29, 0.717) is 17.2 Å². The summed E-state index contributed by atoms with van der Waals surface area (Å²) in [6, 6.07) is 13.6. The molecule has 1 heterocycles. The van der Waals surface area contributed by atoms with Crippen LogP contribution in [0.2, 0.25) is 5.02 Å². The number of hydrogen-bond donors (Lipinski definition) is 1. The van der Waals surface area contributed by atoms with Crippen molar-refractivity contribution in [2.24, 2.45) is 0 Å². The highest BCUT2D eigenvalue weighted by Crippen LogP contribution is 2.33. The zero-order valence-electron chi connectivity index (χ0n) is 12.2. The maximum absolute atomic E-state index is 8.83. The van der Waals surface area contributed by atoms with E-state index in [1.807, 2.05) is 18.2 Å². The Kier molecular flexibility index (Phi) is 4.62. The molecule has 22 heavy (non-hydrogen) atoms. The van der Waals surface area contributed by atoms with Gasteiger partial charge in [0.05, 0.1) is 16.7 Å². The summed E-state index contributed by atoms with van der Waals surface area (Å²) in [7, 11) is 0. The van der Waals surface area contributed by atoms with Gasteiger partial charge in [-0.2, -0.15) is 5.26 Å². The van der Waals surface area contributed by atoms with Gasteiger partial charge >= 0.3 is 0 Å². The standard InChI is InChI=1S/C18H17ClN2O/c19-17-6-5-15-7-9-21-10-8-16(15)18(17)22-12-14-3-1-13(11-20)2-4-14/h1-6,21H,7-10,12H2. The summed E-state index contributed by atoms with van der Waals surface area (Å²) in [5.41, 5.74) is 4.20. The molecule has 3 nitrogen and oxygen atoms in total. The fourth-order valence-electron chi connectivity index (χ4n) is 2.70. The third kappa shape index (κ3) is 3.24. The molecule has 112 valence electrons. The first-order valence-corrected chi connectivity index (χ1v) is 7.78. The SMILES string of the molecule is N#Cc1ccc(COc2c(Cl)ccc3c2CCNCC3)cc1. The molecular weight excluding hydrogens is 296 g/mol. The van der Waals surface area contributed by atoms with Crippen molar-refractivity contribution in [3.05, 3.63) is 63.7 Å². The topological polar surface area (TPSA) is 45.0 Å². The molecule has 1 N–H and O–H groups in total. The molecule has 3 rings (SSSR count). The minimum atomic E-state index is 0.454. The summed E-state index contributed by atoms with van der Waals surface area (Å²) in [6.45, 7) is 2.39. The lowest BCUT2D eigenvalue weighted by Crippen LogP contribution is -2.16. The van der Waals surface area contributed by atoms with Gasteiger partial charge in [0.2, 0.25) is 0 Å². The summed E-state index contributed by atoms with van der Waals surface area (Å²) in [6.07, 6.45) is 1.93. The molecule has 0 saturated carbocycles. The Balaban J connectivity index is 1.81. The van der Waals surface area contributed by atoms with E-state index in [1.54, 1.807) is 12.1 Å². The van der Waals surface area contributed by atoms with Crippen molar-refractivity contribution >= 4 is 11.6 Å². The van der Waals surface area contributed by atoms with Crippen molar-refractivity contribution in [1.29, 1.82) is 5.26 Å². The first-order chi connectivity index (χ1) is 10.8. The van der Waals surface area contributed by atoms with Crippen LogP contribution in [0.25, 0.3) is 0 Å². The molecule has 0 radical (unpaired) electrons. The van der Waals surface area contributed by atoms with E-state index in [4.69, 9.17) is 21.6 Å². The molecule has 0 amide bonds. The molecule has 2 aromatic carbocycles. The Labute approximate surface area is 135 Å². The number of ether oxygens (including phenoxy) is 1. The number of halogens is 1. The predicted molar refractivity (Wildman–Crippen MR) is 87.2 cm³/mol. The fourth-order valence-corrected chi connectivity index (χ4v) is 2.93. The smallest absolute Gasteiger partial charge is 0.141 e. The van der Waals surface area contributed by atoms with Crippen LogP contribution in [0.1, 0.15) is 22.3 Å². The van der Waals surface area contributed by atoms with E-state index in [-0.39, 0.29) is 0 Å². The Morgan fingerprint density at radius 1 is 1.09 bits per heavy atom. The molecule has 1 aliphatic rings. The fraction of sp³-hybridized carbons (Fsp3) is 0.278. The first-order valence-electron chi connectivity index (χ1n) is 7.41. The summed E-state index contributed by atoms with van der Waals surface area (Å²) in [5, 5.41) is 12.9. The van der Waals surface area contributed by atoms with E-state index in [1.165, 1.54) is 11.1 Å². The maximum Gasteiger partial charge on any atom is 0.141 e. The molecule has 0 unspecified atom stereocenters. The molecule has 0 fully saturated rings. The summed E-state index contributed by atoms with van der Waals surface area (Å²) < 4.78 is 6.01. The second-order valence-corrected chi connectivity index (χ2v) is 5.77.